The number of hydrogen-bond donors (Lipinski definition) is 0. The van der Waals surface area contributed by atoms with Crippen molar-refractivity contribution < 1.29 is 4.79 Å². The molecule has 0 aliphatic carbocycles. The van der Waals surface area contributed by atoms with Crippen LogP contribution in [0.4, 0.5) is 4.79 Å². The molecule has 10 heavy (non-hydrogen) atoms. The molecule has 5 heteroatoms. The lowest BCUT2D eigenvalue weighted by atomic mass is 10.9. The zero-order chi connectivity index (χ0) is 8.15. The predicted molar refractivity (Wildman–Crippen MR) is 48.0 cm³/mol. The highest BCUT2D eigenvalue weighted by Gasteiger charge is 2.10. The fraction of sp³-hybridized carbons (Fsp3) is 0.800. The lowest BCUT2D eigenvalue weighted by Crippen LogP contribution is -2.29. The van der Waals surface area contributed by atoms with E-state index in [4.69, 9.17) is 0 Å². The van der Waals surface area contributed by atoms with Gasteiger partial charge in [0.2, 0.25) is 0 Å². The highest BCUT2D eigenvalue weighted by Crippen LogP contribution is 2.09. The summed E-state index contributed by atoms with van der Waals surface area (Å²) in [6, 6.07) is 0.0139. The highest BCUT2D eigenvalue weighted by atomic mass is 32.2. The van der Waals surface area contributed by atoms with Crippen LogP contribution in [-0.4, -0.2) is 41.2 Å². The van der Waals surface area contributed by atoms with Crippen molar-refractivity contribution in [2.75, 3.05) is 26.6 Å². The van der Waals surface area contributed by atoms with Crippen molar-refractivity contribution in [3.8, 4) is 0 Å². The minimum atomic E-state index is 0.0139. The van der Waals surface area contributed by atoms with Crippen LogP contribution in [0, 0.1) is 0 Å². The molecule has 0 saturated carbocycles. The van der Waals surface area contributed by atoms with E-state index in [2.05, 4.69) is 0 Å². The average molecular weight is 180 g/mol. The summed E-state index contributed by atoms with van der Waals surface area (Å²) in [5, 5.41) is 0. The summed E-state index contributed by atoms with van der Waals surface area (Å²) in [5.41, 5.74) is 0. The molecule has 0 aromatic carbocycles. The van der Waals surface area contributed by atoms with Crippen LogP contribution in [0.1, 0.15) is 0 Å². The third-order valence-electron chi connectivity index (χ3n) is 1.09. The molecule has 0 unspecified atom stereocenters. The molecule has 0 heterocycles. The lowest BCUT2D eigenvalue weighted by molar-refractivity contribution is 0.219. The van der Waals surface area contributed by atoms with Crippen molar-refractivity contribution in [1.29, 1.82) is 0 Å². The Hall–Kier alpha value is -0.0300. The number of nitrogens with zero attached hydrogens (tertiary/aromatic N) is 2. The average Bonchev–Trinajstić information content (AvgIpc) is 2.00. The van der Waals surface area contributed by atoms with E-state index < -0.39 is 0 Å². The third-order valence-corrected chi connectivity index (χ3v) is 2.49. The van der Waals surface area contributed by atoms with Gasteiger partial charge < -0.3 is 0 Å². The first-order valence-corrected chi connectivity index (χ1v) is 5.09. The van der Waals surface area contributed by atoms with E-state index in [1.807, 2.05) is 12.5 Å². The first-order chi connectivity index (χ1) is 4.63. The second kappa shape index (κ2) is 4.73. The van der Waals surface area contributed by atoms with Crippen LogP contribution in [0.2, 0.25) is 0 Å². The zero-order valence-corrected chi connectivity index (χ0v) is 8.25. The van der Waals surface area contributed by atoms with Crippen molar-refractivity contribution in [1.82, 2.24) is 8.61 Å². The maximum Gasteiger partial charge on any atom is 0.339 e. The quantitative estimate of drug-likeness (QED) is 0.602. The summed E-state index contributed by atoms with van der Waals surface area (Å²) in [5.74, 6) is 0. The Bertz CT molecular complexity index is 108. The maximum atomic E-state index is 11.1. The van der Waals surface area contributed by atoms with Crippen molar-refractivity contribution >= 4 is 29.9 Å². The van der Waals surface area contributed by atoms with Crippen molar-refractivity contribution in [3.63, 3.8) is 0 Å². The van der Waals surface area contributed by atoms with Gasteiger partial charge in [0.15, 0.2) is 0 Å². The molecule has 60 valence electrons. The molecule has 0 atom stereocenters. The molecule has 0 aliphatic heterocycles. The number of amides is 2. The van der Waals surface area contributed by atoms with Crippen LogP contribution in [0.3, 0.4) is 0 Å². The van der Waals surface area contributed by atoms with Gasteiger partial charge in [-0.1, -0.05) is 0 Å². The molecule has 0 N–H and O–H groups in total. The summed E-state index contributed by atoms with van der Waals surface area (Å²) < 4.78 is 3.16. The minimum Gasteiger partial charge on any atom is -0.271 e. The highest BCUT2D eigenvalue weighted by molar-refractivity contribution is 7.98. The van der Waals surface area contributed by atoms with Gasteiger partial charge in [-0.15, -0.1) is 0 Å². The largest absolute Gasteiger partial charge is 0.339 e. The van der Waals surface area contributed by atoms with E-state index in [-0.39, 0.29) is 6.03 Å². The Morgan fingerprint density at radius 1 is 1.10 bits per heavy atom. The number of carbonyl (C=O) groups is 1. The molecule has 0 bridgehead atoms. The summed E-state index contributed by atoms with van der Waals surface area (Å²) in [6.45, 7) is 0. The van der Waals surface area contributed by atoms with Crippen LogP contribution in [-0.2, 0) is 0 Å². The number of carbonyl (C=O) groups excluding carboxylic acids is 1. The van der Waals surface area contributed by atoms with Crippen LogP contribution in [0.25, 0.3) is 0 Å². The second-order valence-electron chi connectivity index (χ2n) is 1.64. The van der Waals surface area contributed by atoms with Gasteiger partial charge in [-0.25, -0.2) is 4.79 Å². The molecule has 0 aromatic rings. The van der Waals surface area contributed by atoms with Crippen molar-refractivity contribution in [2.45, 2.75) is 0 Å². The van der Waals surface area contributed by atoms with E-state index >= 15 is 0 Å². The molecule has 0 rings (SSSR count). The van der Waals surface area contributed by atoms with Gasteiger partial charge in [0, 0.05) is 26.6 Å². The standard InChI is InChI=1S/C5H12N2OS2/c1-6(9-3)5(8)7(2)10-4/h1-4H3. The number of rotatable bonds is 2. The molecule has 0 aromatic heterocycles. The Balaban J connectivity index is 3.82. The van der Waals surface area contributed by atoms with Crippen LogP contribution in [0.5, 0.6) is 0 Å². The monoisotopic (exact) mass is 180 g/mol. The number of urea groups is 1. The van der Waals surface area contributed by atoms with E-state index in [9.17, 15) is 4.79 Å². The molecule has 0 spiro atoms. The first-order valence-electron chi connectivity index (χ1n) is 2.73. The molecule has 0 aliphatic rings. The fourth-order valence-corrected chi connectivity index (χ4v) is 0.964. The summed E-state index contributed by atoms with van der Waals surface area (Å²) in [4.78, 5) is 11.1. The van der Waals surface area contributed by atoms with Crippen molar-refractivity contribution in [3.05, 3.63) is 0 Å². The minimum absolute atomic E-state index is 0.0139. The van der Waals surface area contributed by atoms with Gasteiger partial charge in [0.1, 0.15) is 0 Å². The third kappa shape index (κ3) is 2.70. The fourth-order valence-electron chi connectivity index (χ4n) is 0.355. The Kier molecular flexibility index (Phi) is 4.72. The summed E-state index contributed by atoms with van der Waals surface area (Å²) in [7, 11) is 3.50. The van der Waals surface area contributed by atoms with Gasteiger partial charge in [-0.3, -0.25) is 8.61 Å². The summed E-state index contributed by atoms with van der Waals surface area (Å²) >= 11 is 2.81. The molecule has 3 nitrogen and oxygen atoms in total. The molecular formula is C5H12N2OS2. The van der Waals surface area contributed by atoms with Gasteiger partial charge in [-0.2, -0.15) is 0 Å². The lowest BCUT2D eigenvalue weighted by Gasteiger charge is -2.19. The van der Waals surface area contributed by atoms with Gasteiger partial charge in [-0.05, 0) is 23.9 Å². The van der Waals surface area contributed by atoms with Gasteiger partial charge >= 0.3 is 6.03 Å². The van der Waals surface area contributed by atoms with E-state index in [1.165, 1.54) is 23.9 Å². The van der Waals surface area contributed by atoms with Gasteiger partial charge in [0.25, 0.3) is 0 Å². The molecule has 0 radical (unpaired) electrons. The van der Waals surface area contributed by atoms with E-state index in [1.54, 1.807) is 22.7 Å². The smallest absolute Gasteiger partial charge is 0.271 e. The number of hydrogen-bond acceptors (Lipinski definition) is 3. The van der Waals surface area contributed by atoms with Crippen LogP contribution < -0.4 is 0 Å². The van der Waals surface area contributed by atoms with Crippen molar-refractivity contribution in [2.24, 2.45) is 0 Å². The zero-order valence-electron chi connectivity index (χ0n) is 6.62. The predicted octanol–water partition coefficient (Wildman–Crippen LogP) is 1.53. The molecule has 0 saturated heterocycles. The van der Waals surface area contributed by atoms with E-state index in [0.717, 1.165) is 0 Å². The molecular weight excluding hydrogens is 168 g/mol. The van der Waals surface area contributed by atoms with E-state index in [0.29, 0.717) is 0 Å². The normalized spacial score (nSPS) is 9.20. The SMILES string of the molecule is CSN(C)C(=O)N(C)SC. The topological polar surface area (TPSA) is 23.6 Å². The first kappa shape index (κ1) is 9.97. The molecule has 2 amide bonds. The second-order valence-corrected chi connectivity index (χ2v) is 3.47. The summed E-state index contributed by atoms with van der Waals surface area (Å²) in [6.07, 6.45) is 3.73. The maximum absolute atomic E-state index is 11.1. The van der Waals surface area contributed by atoms with Crippen LogP contribution in [0.15, 0.2) is 0 Å². The Labute approximate surface area is 70.4 Å². The Morgan fingerprint density at radius 3 is 1.60 bits per heavy atom. The Morgan fingerprint density at radius 2 is 1.40 bits per heavy atom. The van der Waals surface area contributed by atoms with Crippen LogP contribution >= 0.6 is 23.9 Å². The van der Waals surface area contributed by atoms with Gasteiger partial charge in [0.05, 0.1) is 0 Å². The molecule has 0 fully saturated rings.